The SMILES string of the molecule is COc1nc(Nc2ccc(F)c(Cl)c2)nc(OC)n1. The maximum Gasteiger partial charge on any atom is 0.324 e. The fourth-order valence-corrected chi connectivity index (χ4v) is 1.46. The highest BCUT2D eigenvalue weighted by Crippen LogP contribution is 2.22. The zero-order chi connectivity index (χ0) is 13.8. The monoisotopic (exact) mass is 284 g/mol. The van der Waals surface area contributed by atoms with Gasteiger partial charge >= 0.3 is 12.0 Å². The second kappa shape index (κ2) is 5.66. The number of nitrogens with one attached hydrogen (secondary N) is 1. The van der Waals surface area contributed by atoms with E-state index >= 15 is 0 Å². The zero-order valence-corrected chi connectivity index (χ0v) is 10.9. The highest BCUT2D eigenvalue weighted by molar-refractivity contribution is 6.31. The molecule has 0 spiro atoms. The molecule has 1 heterocycles. The highest BCUT2D eigenvalue weighted by atomic mass is 35.5. The van der Waals surface area contributed by atoms with Crippen LogP contribution in [-0.2, 0) is 0 Å². The first kappa shape index (κ1) is 13.3. The van der Waals surface area contributed by atoms with E-state index in [0.717, 1.165) is 0 Å². The molecule has 0 unspecified atom stereocenters. The largest absolute Gasteiger partial charge is 0.467 e. The topological polar surface area (TPSA) is 69.2 Å². The van der Waals surface area contributed by atoms with Gasteiger partial charge in [-0.25, -0.2) is 4.39 Å². The van der Waals surface area contributed by atoms with Crippen LogP contribution in [-0.4, -0.2) is 29.2 Å². The Morgan fingerprint density at radius 3 is 2.26 bits per heavy atom. The summed E-state index contributed by atoms with van der Waals surface area (Å²) in [6.45, 7) is 0. The summed E-state index contributed by atoms with van der Waals surface area (Å²) in [7, 11) is 2.85. The summed E-state index contributed by atoms with van der Waals surface area (Å²) >= 11 is 5.68. The molecule has 1 N–H and O–H groups in total. The van der Waals surface area contributed by atoms with E-state index in [2.05, 4.69) is 20.3 Å². The fraction of sp³-hybridized carbons (Fsp3) is 0.182. The van der Waals surface area contributed by atoms with Crippen molar-refractivity contribution in [2.45, 2.75) is 0 Å². The lowest BCUT2D eigenvalue weighted by atomic mass is 10.3. The second-order valence-corrected chi connectivity index (χ2v) is 3.79. The van der Waals surface area contributed by atoms with Crippen LogP contribution in [0.5, 0.6) is 12.0 Å². The molecule has 0 radical (unpaired) electrons. The Morgan fingerprint density at radius 1 is 1.11 bits per heavy atom. The molecule has 1 aromatic heterocycles. The molecular weight excluding hydrogens is 275 g/mol. The normalized spacial score (nSPS) is 10.1. The third kappa shape index (κ3) is 3.19. The molecule has 6 nitrogen and oxygen atoms in total. The number of methoxy groups -OCH3 is 2. The van der Waals surface area contributed by atoms with Gasteiger partial charge in [0.15, 0.2) is 0 Å². The molecule has 0 saturated heterocycles. The van der Waals surface area contributed by atoms with E-state index in [1.54, 1.807) is 0 Å². The van der Waals surface area contributed by atoms with Crippen LogP contribution >= 0.6 is 11.6 Å². The molecular formula is C11H10ClFN4O2. The predicted molar refractivity (Wildman–Crippen MR) is 67.6 cm³/mol. The van der Waals surface area contributed by atoms with E-state index < -0.39 is 5.82 Å². The average molecular weight is 285 g/mol. The molecule has 0 saturated carbocycles. The first-order valence-corrected chi connectivity index (χ1v) is 5.56. The molecule has 0 atom stereocenters. The van der Waals surface area contributed by atoms with Crippen LogP contribution in [0.4, 0.5) is 16.0 Å². The van der Waals surface area contributed by atoms with Gasteiger partial charge in [0.1, 0.15) is 5.82 Å². The van der Waals surface area contributed by atoms with Crippen molar-refractivity contribution in [2.75, 3.05) is 19.5 Å². The second-order valence-electron chi connectivity index (χ2n) is 3.39. The van der Waals surface area contributed by atoms with Crippen molar-refractivity contribution in [3.63, 3.8) is 0 Å². The average Bonchev–Trinajstić information content (AvgIpc) is 2.42. The maximum absolute atomic E-state index is 13.0. The number of halogens is 2. The summed E-state index contributed by atoms with van der Waals surface area (Å²) in [6.07, 6.45) is 0. The summed E-state index contributed by atoms with van der Waals surface area (Å²) in [4.78, 5) is 11.8. The minimum Gasteiger partial charge on any atom is -0.467 e. The van der Waals surface area contributed by atoms with Crippen molar-refractivity contribution < 1.29 is 13.9 Å². The minimum atomic E-state index is -0.502. The Morgan fingerprint density at radius 2 is 1.74 bits per heavy atom. The van der Waals surface area contributed by atoms with Crippen molar-refractivity contribution in [3.05, 3.63) is 29.0 Å². The van der Waals surface area contributed by atoms with Gasteiger partial charge in [-0.2, -0.15) is 9.97 Å². The quantitative estimate of drug-likeness (QED) is 0.930. The van der Waals surface area contributed by atoms with E-state index in [-0.39, 0.29) is 23.0 Å². The van der Waals surface area contributed by atoms with Crippen LogP contribution in [0.15, 0.2) is 18.2 Å². The Hall–Kier alpha value is -2.15. The first-order valence-electron chi connectivity index (χ1n) is 5.18. The van der Waals surface area contributed by atoms with Crippen LogP contribution in [0.25, 0.3) is 0 Å². The van der Waals surface area contributed by atoms with Crippen LogP contribution in [0.3, 0.4) is 0 Å². The Labute approximate surface area is 113 Å². The molecule has 0 amide bonds. The number of hydrogen-bond acceptors (Lipinski definition) is 6. The van der Waals surface area contributed by atoms with Crippen LogP contribution in [0, 0.1) is 5.82 Å². The summed E-state index contributed by atoms with van der Waals surface area (Å²) in [5.74, 6) is -0.301. The van der Waals surface area contributed by atoms with Crippen LogP contribution in [0.1, 0.15) is 0 Å². The van der Waals surface area contributed by atoms with Gasteiger partial charge in [-0.15, -0.1) is 4.98 Å². The van der Waals surface area contributed by atoms with Gasteiger partial charge in [0.05, 0.1) is 19.2 Å². The summed E-state index contributed by atoms with van der Waals surface area (Å²) in [5.41, 5.74) is 0.529. The molecule has 100 valence electrons. The molecule has 0 aliphatic carbocycles. The smallest absolute Gasteiger partial charge is 0.324 e. The third-order valence-corrected chi connectivity index (χ3v) is 2.42. The number of nitrogens with zero attached hydrogens (tertiary/aromatic N) is 3. The Bertz CT molecular complexity index is 575. The fourth-order valence-electron chi connectivity index (χ4n) is 1.28. The number of ether oxygens (including phenoxy) is 2. The molecule has 8 heteroatoms. The van der Waals surface area contributed by atoms with Gasteiger partial charge in [0.2, 0.25) is 5.95 Å². The Balaban J connectivity index is 2.29. The van der Waals surface area contributed by atoms with Crippen molar-refractivity contribution in [1.29, 1.82) is 0 Å². The van der Waals surface area contributed by atoms with Crippen molar-refractivity contribution in [1.82, 2.24) is 15.0 Å². The van der Waals surface area contributed by atoms with Crippen LogP contribution in [0.2, 0.25) is 5.02 Å². The zero-order valence-electron chi connectivity index (χ0n) is 10.1. The summed E-state index contributed by atoms with van der Waals surface area (Å²) in [6, 6.07) is 4.36. The first-order chi connectivity index (χ1) is 9.12. The van der Waals surface area contributed by atoms with Gasteiger partial charge in [0.25, 0.3) is 0 Å². The van der Waals surface area contributed by atoms with Gasteiger partial charge in [-0.3, -0.25) is 0 Å². The minimum absolute atomic E-state index is 0.00186. The predicted octanol–water partition coefficient (Wildman–Crippen LogP) is 2.42. The maximum atomic E-state index is 13.0. The lowest BCUT2D eigenvalue weighted by molar-refractivity contribution is 0.341. The number of rotatable bonds is 4. The Kier molecular flexibility index (Phi) is 3.96. The van der Waals surface area contributed by atoms with Gasteiger partial charge < -0.3 is 14.8 Å². The molecule has 1 aromatic carbocycles. The lowest BCUT2D eigenvalue weighted by Crippen LogP contribution is -2.03. The molecule has 0 fully saturated rings. The van der Waals surface area contributed by atoms with E-state index in [9.17, 15) is 4.39 Å². The van der Waals surface area contributed by atoms with E-state index in [4.69, 9.17) is 21.1 Å². The van der Waals surface area contributed by atoms with E-state index in [1.165, 1.54) is 32.4 Å². The van der Waals surface area contributed by atoms with E-state index in [1.807, 2.05) is 0 Å². The number of hydrogen-bond donors (Lipinski definition) is 1. The highest BCUT2D eigenvalue weighted by Gasteiger charge is 2.08. The summed E-state index contributed by atoms with van der Waals surface area (Å²) < 4.78 is 22.9. The molecule has 19 heavy (non-hydrogen) atoms. The third-order valence-electron chi connectivity index (χ3n) is 2.14. The summed E-state index contributed by atoms with van der Waals surface area (Å²) in [5, 5.41) is 2.85. The molecule has 2 aromatic rings. The number of benzene rings is 1. The van der Waals surface area contributed by atoms with Gasteiger partial charge in [0, 0.05) is 5.69 Å². The molecule has 0 aliphatic heterocycles. The van der Waals surface area contributed by atoms with Crippen molar-refractivity contribution >= 4 is 23.2 Å². The standard InChI is InChI=1S/C11H10ClFN4O2/c1-18-10-15-9(16-11(17-10)19-2)14-6-3-4-8(13)7(12)5-6/h3-5H,1-2H3,(H,14,15,16,17). The molecule has 0 bridgehead atoms. The van der Waals surface area contributed by atoms with Gasteiger partial charge in [-0.1, -0.05) is 11.6 Å². The van der Waals surface area contributed by atoms with Crippen molar-refractivity contribution in [3.8, 4) is 12.0 Å². The number of anilines is 2. The van der Waals surface area contributed by atoms with E-state index in [0.29, 0.717) is 5.69 Å². The lowest BCUT2D eigenvalue weighted by Gasteiger charge is -2.07. The van der Waals surface area contributed by atoms with Gasteiger partial charge in [-0.05, 0) is 18.2 Å². The van der Waals surface area contributed by atoms with Crippen molar-refractivity contribution in [2.24, 2.45) is 0 Å². The van der Waals surface area contributed by atoms with Crippen LogP contribution < -0.4 is 14.8 Å². The molecule has 0 aliphatic rings. The number of aromatic nitrogens is 3. The molecule has 2 rings (SSSR count).